The molecule has 4 aliphatic rings. The van der Waals surface area contributed by atoms with Gasteiger partial charge < -0.3 is 40.3 Å². The SMILES string of the molecule is COc1c(O)ccc2c1-c1ccc3ccc(O)cc3c1CSSC1CCC(CC1O)C(OC(NCCCC1(O)CCCC1)c1ccc(NCC(C)=O)c(CO)c1)CC(=O)CC2. The second-order valence-electron chi connectivity index (χ2n) is 17.1. The summed E-state index contributed by atoms with van der Waals surface area (Å²) in [6, 6.07) is 18.4. The Morgan fingerprint density at radius 2 is 1.82 bits per heavy atom. The van der Waals surface area contributed by atoms with Crippen LogP contribution in [-0.2, 0) is 33.1 Å². The summed E-state index contributed by atoms with van der Waals surface area (Å²) in [6.45, 7) is 1.93. The average molecular weight is 873 g/mol. The number of carbonyl (C=O) groups is 2. The number of aromatic hydroxyl groups is 2. The van der Waals surface area contributed by atoms with Gasteiger partial charge >= 0.3 is 0 Å². The van der Waals surface area contributed by atoms with Crippen molar-refractivity contribution in [2.45, 2.75) is 126 Å². The van der Waals surface area contributed by atoms with Crippen LogP contribution in [0.2, 0.25) is 0 Å². The zero-order valence-electron chi connectivity index (χ0n) is 35.2. The van der Waals surface area contributed by atoms with Crippen LogP contribution < -0.4 is 15.4 Å². The van der Waals surface area contributed by atoms with E-state index in [1.807, 2.05) is 42.5 Å². The number of anilines is 1. The predicted octanol–water partition coefficient (Wildman–Crippen LogP) is 8.50. The first-order valence-corrected chi connectivity index (χ1v) is 24.0. The Hall–Kier alpha value is -3.82. The van der Waals surface area contributed by atoms with Crippen LogP contribution in [0.1, 0.15) is 106 Å². The maximum atomic E-state index is 14.3. The lowest BCUT2D eigenvalue weighted by Crippen LogP contribution is -2.40. The smallest absolute Gasteiger partial charge is 0.168 e. The third kappa shape index (κ3) is 11.0. The van der Waals surface area contributed by atoms with Crippen molar-refractivity contribution < 1.29 is 44.6 Å². The highest BCUT2D eigenvalue weighted by molar-refractivity contribution is 8.76. The molecular formula is C48H60N2O9S2. The fourth-order valence-corrected chi connectivity index (χ4v) is 12.3. The van der Waals surface area contributed by atoms with Crippen LogP contribution in [0, 0.1) is 5.92 Å². The summed E-state index contributed by atoms with van der Waals surface area (Å²) in [4.78, 5) is 26.0. The summed E-state index contributed by atoms with van der Waals surface area (Å²) in [7, 11) is 4.84. The molecule has 5 atom stereocenters. The van der Waals surface area contributed by atoms with Gasteiger partial charge in [-0.25, -0.2) is 0 Å². The first kappa shape index (κ1) is 45.2. The van der Waals surface area contributed by atoms with Gasteiger partial charge in [-0.3, -0.25) is 14.9 Å². The van der Waals surface area contributed by atoms with Crippen LogP contribution in [0.15, 0.2) is 60.7 Å². The number of aryl methyl sites for hydroxylation is 1. The van der Waals surface area contributed by atoms with Crippen LogP contribution in [0.4, 0.5) is 5.69 Å². The molecule has 2 fully saturated rings. The van der Waals surface area contributed by atoms with Crippen LogP contribution in [-0.4, -0.2) is 80.4 Å². The molecule has 13 heteroatoms. The standard InChI is InChI=1S/C48H60N2O9S2/c1-29(52)26-50-40-15-9-33(22-34(40)27-51)47(49-21-5-20-48(57)18-3-4-19-48)59-43-25-36(54)13-7-31-10-16-41(55)46(58-2)45(31)37-14-8-30-6-12-35(53)24-38(30)39(37)28-60-61-44-17-11-32(43)23-42(44)56/h6,8-10,12,14-16,22,24,32,42-44,47,49-51,53,55-57H,3-5,7,11,13,17-21,23,25-28H2,1-2H3. The molecule has 0 amide bonds. The minimum atomic E-state index is -0.660. The number of hydrogen-bond donors (Lipinski definition) is 7. The number of fused-ring (bicyclic) bond motifs is 9. The summed E-state index contributed by atoms with van der Waals surface area (Å²) >= 11 is 0. The number of benzene rings is 4. The molecule has 2 aliphatic heterocycles. The zero-order chi connectivity index (χ0) is 43.1. The fraction of sp³-hybridized carbons (Fsp3) is 0.500. The summed E-state index contributed by atoms with van der Waals surface area (Å²) < 4.78 is 12.9. The van der Waals surface area contributed by atoms with E-state index < -0.39 is 24.0 Å². The van der Waals surface area contributed by atoms with Crippen LogP contribution in [0.5, 0.6) is 17.2 Å². The zero-order valence-corrected chi connectivity index (χ0v) is 36.8. The van der Waals surface area contributed by atoms with Crippen LogP contribution >= 0.6 is 21.6 Å². The van der Waals surface area contributed by atoms with Crippen LogP contribution in [0.3, 0.4) is 0 Å². The van der Waals surface area contributed by atoms with Gasteiger partial charge in [0.15, 0.2) is 11.5 Å². The number of phenolic OH excluding ortho intramolecular Hbond substituents is 2. The quantitative estimate of drug-likeness (QED) is 0.0387. The Balaban J connectivity index is 1.21. The fourth-order valence-electron chi connectivity index (χ4n) is 9.44. The number of rotatable bonds is 13. The number of aliphatic hydroxyl groups is 3. The van der Waals surface area contributed by atoms with E-state index in [1.54, 1.807) is 39.8 Å². The molecule has 0 saturated heterocycles. The Morgan fingerprint density at radius 3 is 2.57 bits per heavy atom. The number of ketones is 2. The lowest BCUT2D eigenvalue weighted by molar-refractivity contribution is -0.128. The van der Waals surface area contributed by atoms with Crippen molar-refractivity contribution >= 4 is 49.6 Å². The normalized spacial score (nSPS) is 22.4. The third-order valence-electron chi connectivity index (χ3n) is 12.8. The van der Waals surface area contributed by atoms with E-state index >= 15 is 0 Å². The highest BCUT2D eigenvalue weighted by atomic mass is 33.1. The van der Waals surface area contributed by atoms with Gasteiger partial charge in [-0.05, 0) is 134 Å². The molecule has 328 valence electrons. The Morgan fingerprint density at radius 1 is 1.02 bits per heavy atom. The van der Waals surface area contributed by atoms with Crippen molar-refractivity contribution in [1.29, 1.82) is 0 Å². The molecule has 2 heterocycles. The van der Waals surface area contributed by atoms with E-state index in [0.717, 1.165) is 78.0 Å². The number of Topliss-reactive ketones (excluding diaryl/α,β-unsaturated/α-hetero) is 2. The molecule has 0 spiro atoms. The number of phenols is 2. The highest BCUT2D eigenvalue weighted by Gasteiger charge is 2.37. The van der Waals surface area contributed by atoms with Crippen molar-refractivity contribution in [2.75, 3.05) is 25.5 Å². The molecule has 2 bridgehead atoms. The largest absolute Gasteiger partial charge is 0.508 e. The minimum Gasteiger partial charge on any atom is -0.508 e. The number of ether oxygens (including phenoxy) is 2. The summed E-state index contributed by atoms with van der Waals surface area (Å²) in [5.74, 6) is 0.878. The molecule has 7 N–H and O–H groups in total. The Labute approximate surface area is 366 Å². The van der Waals surface area contributed by atoms with Crippen LogP contribution in [0.25, 0.3) is 21.9 Å². The lowest BCUT2D eigenvalue weighted by Gasteiger charge is -2.38. The number of hydrogen-bond acceptors (Lipinski definition) is 13. The number of aliphatic hydroxyl groups excluding tert-OH is 2. The number of nitrogens with one attached hydrogen (secondary N) is 2. The molecule has 0 radical (unpaired) electrons. The number of carbonyl (C=O) groups excluding carboxylic acids is 2. The van der Waals surface area contributed by atoms with E-state index in [4.69, 9.17) is 9.47 Å². The van der Waals surface area contributed by atoms with Crippen molar-refractivity contribution in [1.82, 2.24) is 5.32 Å². The molecule has 2 saturated carbocycles. The first-order chi connectivity index (χ1) is 29.4. The Kier molecular flexibility index (Phi) is 15.2. The molecule has 2 aliphatic carbocycles. The van der Waals surface area contributed by atoms with Gasteiger partial charge in [-0.15, -0.1) is 0 Å². The van der Waals surface area contributed by atoms with E-state index in [9.17, 15) is 35.1 Å². The van der Waals surface area contributed by atoms with Gasteiger partial charge in [0.25, 0.3) is 0 Å². The topological polar surface area (TPSA) is 178 Å². The first-order valence-electron chi connectivity index (χ1n) is 21.7. The molecule has 8 rings (SSSR count). The van der Waals surface area contributed by atoms with E-state index in [-0.39, 0.29) is 60.2 Å². The predicted molar refractivity (Wildman–Crippen MR) is 243 cm³/mol. The second-order valence-corrected chi connectivity index (χ2v) is 19.7. The molecule has 11 nitrogen and oxygen atoms in total. The van der Waals surface area contributed by atoms with E-state index in [1.165, 1.54) is 14.0 Å². The van der Waals surface area contributed by atoms with Gasteiger partial charge in [0, 0.05) is 40.7 Å². The Bertz CT molecular complexity index is 2180. The summed E-state index contributed by atoms with van der Waals surface area (Å²) in [5.41, 5.74) is 4.74. The second kappa shape index (κ2) is 20.6. The monoisotopic (exact) mass is 872 g/mol. The molecule has 5 unspecified atom stereocenters. The van der Waals surface area contributed by atoms with Crippen molar-refractivity contribution in [3.8, 4) is 28.4 Å². The van der Waals surface area contributed by atoms with Gasteiger partial charge in [-0.1, -0.05) is 64.8 Å². The van der Waals surface area contributed by atoms with E-state index in [2.05, 4.69) is 10.6 Å². The van der Waals surface area contributed by atoms with Gasteiger partial charge in [-0.2, -0.15) is 0 Å². The van der Waals surface area contributed by atoms with E-state index in [0.29, 0.717) is 54.1 Å². The number of methoxy groups -OCH3 is 1. The molecule has 61 heavy (non-hydrogen) atoms. The molecule has 4 aromatic rings. The minimum absolute atomic E-state index is 0.00215. The summed E-state index contributed by atoms with van der Waals surface area (Å²) in [6.07, 6.45) is 5.90. The molecule has 0 aromatic heterocycles. The van der Waals surface area contributed by atoms with Crippen molar-refractivity contribution in [2.24, 2.45) is 5.92 Å². The molecular weight excluding hydrogens is 813 g/mol. The van der Waals surface area contributed by atoms with Crippen molar-refractivity contribution in [3.05, 3.63) is 82.9 Å². The summed E-state index contributed by atoms with van der Waals surface area (Å²) in [5, 5.41) is 63.3. The average Bonchev–Trinajstić information content (AvgIpc) is 3.69. The van der Waals surface area contributed by atoms with Crippen molar-refractivity contribution in [3.63, 3.8) is 0 Å². The molecule has 4 aromatic carbocycles. The highest BCUT2D eigenvalue weighted by Crippen LogP contribution is 2.48. The lowest BCUT2D eigenvalue weighted by atomic mass is 9.81. The maximum absolute atomic E-state index is 14.3. The third-order valence-corrected chi connectivity index (χ3v) is 15.6. The maximum Gasteiger partial charge on any atom is 0.168 e. The van der Waals surface area contributed by atoms with Gasteiger partial charge in [0.05, 0.1) is 38.1 Å². The van der Waals surface area contributed by atoms with Gasteiger partial charge in [0.2, 0.25) is 0 Å². The van der Waals surface area contributed by atoms with Gasteiger partial charge in [0.1, 0.15) is 23.5 Å².